The molecule has 1 aromatic carbocycles. The van der Waals surface area contributed by atoms with Crippen LogP contribution in [0.3, 0.4) is 0 Å². The zero-order valence-electron chi connectivity index (χ0n) is 10.9. The first-order chi connectivity index (χ1) is 9.56. The quantitative estimate of drug-likeness (QED) is 0.768. The maximum atomic E-state index is 11.9. The number of hydrogen-bond acceptors (Lipinski definition) is 3. The molecule has 3 nitrogen and oxygen atoms in total. The van der Waals surface area contributed by atoms with Crippen molar-refractivity contribution in [1.82, 2.24) is 0 Å². The summed E-state index contributed by atoms with van der Waals surface area (Å²) in [5, 5.41) is 9.95. The number of aliphatic hydroxyl groups is 1. The third-order valence-electron chi connectivity index (χ3n) is 3.12. The lowest BCUT2D eigenvalue weighted by Crippen LogP contribution is -2.16. The summed E-state index contributed by atoms with van der Waals surface area (Å²) in [7, 11) is 0. The summed E-state index contributed by atoms with van der Waals surface area (Å²) in [5.41, 5.74) is 2.07. The second kappa shape index (κ2) is 7.33. The minimum absolute atomic E-state index is 0.128. The van der Waals surface area contributed by atoms with Crippen LogP contribution in [0.15, 0.2) is 16.6 Å². The van der Waals surface area contributed by atoms with Crippen LogP contribution in [-0.2, 0) is 17.6 Å². The fourth-order valence-electron chi connectivity index (χ4n) is 2.25. The Morgan fingerprint density at radius 3 is 2.95 bits per heavy atom. The molecule has 1 aliphatic rings. The number of rotatable bonds is 7. The van der Waals surface area contributed by atoms with Crippen LogP contribution in [0.1, 0.15) is 17.5 Å². The molecule has 6 heteroatoms. The molecule has 0 radical (unpaired) electrons. The molecule has 0 aliphatic carbocycles. The molecule has 0 fully saturated rings. The molecule has 1 aliphatic heterocycles. The van der Waals surface area contributed by atoms with Crippen molar-refractivity contribution in [3.63, 3.8) is 0 Å². The van der Waals surface area contributed by atoms with E-state index in [0.29, 0.717) is 19.4 Å². The van der Waals surface area contributed by atoms with Gasteiger partial charge in [0.15, 0.2) is 0 Å². The highest BCUT2D eigenvalue weighted by molar-refractivity contribution is 9.10. The highest BCUT2D eigenvalue weighted by Gasteiger charge is 2.19. The average molecular weight is 351 g/mol. The molecular weight excluding hydrogens is 334 g/mol. The smallest absolute Gasteiger partial charge is 0.261 e. The molecule has 0 amide bonds. The first-order valence-corrected chi connectivity index (χ1v) is 7.33. The molecule has 1 N–H and O–H groups in total. The number of fused-ring (bicyclic) bond motifs is 1. The summed E-state index contributed by atoms with van der Waals surface area (Å²) < 4.78 is 35.1. The monoisotopic (exact) mass is 350 g/mol. The number of benzene rings is 1. The number of ether oxygens (including phenoxy) is 2. The van der Waals surface area contributed by atoms with Crippen LogP contribution in [0.25, 0.3) is 0 Å². The first-order valence-electron chi connectivity index (χ1n) is 6.54. The molecule has 20 heavy (non-hydrogen) atoms. The summed E-state index contributed by atoms with van der Waals surface area (Å²) >= 11 is 3.44. The third kappa shape index (κ3) is 4.40. The van der Waals surface area contributed by atoms with Crippen LogP contribution < -0.4 is 4.74 Å². The molecule has 0 spiro atoms. The van der Waals surface area contributed by atoms with Crippen LogP contribution in [0.4, 0.5) is 8.78 Å². The van der Waals surface area contributed by atoms with Crippen LogP contribution in [0.2, 0.25) is 0 Å². The fraction of sp³-hybridized carbons (Fsp3) is 0.571. The topological polar surface area (TPSA) is 38.7 Å². The van der Waals surface area contributed by atoms with Gasteiger partial charge in [0.05, 0.1) is 12.7 Å². The highest BCUT2D eigenvalue weighted by atomic mass is 79.9. The molecule has 112 valence electrons. The molecule has 1 aromatic rings. The number of aliphatic hydroxyl groups excluding tert-OH is 1. The molecule has 0 saturated heterocycles. The van der Waals surface area contributed by atoms with Gasteiger partial charge in [-0.2, -0.15) is 0 Å². The second-order valence-corrected chi connectivity index (χ2v) is 5.68. The Kier molecular flexibility index (Phi) is 5.74. The maximum absolute atomic E-state index is 11.9. The zero-order chi connectivity index (χ0) is 14.5. The van der Waals surface area contributed by atoms with E-state index in [4.69, 9.17) is 9.47 Å². The van der Waals surface area contributed by atoms with E-state index in [-0.39, 0.29) is 6.61 Å². The summed E-state index contributed by atoms with van der Waals surface area (Å²) in [6, 6.07) is 3.94. The van der Waals surface area contributed by atoms with Gasteiger partial charge in [-0.05, 0) is 29.7 Å². The molecular formula is C14H17BrF2O3. The van der Waals surface area contributed by atoms with Crippen LogP contribution in [0.5, 0.6) is 5.75 Å². The van der Waals surface area contributed by atoms with Crippen molar-refractivity contribution < 1.29 is 23.4 Å². The minimum atomic E-state index is -2.46. The predicted molar refractivity (Wildman–Crippen MR) is 74.5 cm³/mol. The zero-order valence-corrected chi connectivity index (χ0v) is 12.5. The van der Waals surface area contributed by atoms with Crippen molar-refractivity contribution in [2.75, 3.05) is 19.8 Å². The van der Waals surface area contributed by atoms with Crippen molar-refractivity contribution in [3.05, 3.63) is 27.7 Å². The molecule has 0 bridgehead atoms. The van der Waals surface area contributed by atoms with E-state index in [9.17, 15) is 13.9 Å². The summed E-state index contributed by atoms with van der Waals surface area (Å²) in [5.74, 6) is 0.848. The van der Waals surface area contributed by atoms with Crippen LogP contribution in [-0.4, -0.2) is 37.5 Å². The third-order valence-corrected chi connectivity index (χ3v) is 3.58. The number of alkyl halides is 2. The number of hydrogen-bond donors (Lipinski definition) is 1. The van der Waals surface area contributed by atoms with E-state index < -0.39 is 19.1 Å². The van der Waals surface area contributed by atoms with Crippen molar-refractivity contribution in [3.8, 4) is 5.75 Å². The van der Waals surface area contributed by atoms with Crippen molar-refractivity contribution in [2.45, 2.75) is 31.8 Å². The van der Waals surface area contributed by atoms with Gasteiger partial charge in [-0.1, -0.05) is 15.9 Å². The normalized spacial score (nSPS) is 15.2. The van der Waals surface area contributed by atoms with Gasteiger partial charge >= 0.3 is 0 Å². The SMILES string of the molecule is OC(CCOCC(F)F)Cc1cc(Br)cc2c1OCC2. The van der Waals surface area contributed by atoms with Gasteiger partial charge in [-0.25, -0.2) is 8.78 Å². The van der Waals surface area contributed by atoms with Gasteiger partial charge in [0, 0.05) is 23.9 Å². The standard InChI is InChI=1S/C14H17BrF2O3/c15-11-5-9-1-4-20-14(9)10(6-11)7-12(18)2-3-19-8-13(16)17/h5-6,12-13,18H,1-4,7-8H2. The van der Waals surface area contributed by atoms with Crippen LogP contribution >= 0.6 is 15.9 Å². The molecule has 1 unspecified atom stereocenters. The minimum Gasteiger partial charge on any atom is -0.493 e. The van der Waals surface area contributed by atoms with Gasteiger partial charge in [0.2, 0.25) is 0 Å². The van der Waals surface area contributed by atoms with Crippen molar-refractivity contribution in [1.29, 1.82) is 0 Å². The van der Waals surface area contributed by atoms with Gasteiger partial charge in [0.1, 0.15) is 12.4 Å². The Hall–Kier alpha value is -0.720. The van der Waals surface area contributed by atoms with E-state index in [1.54, 1.807) is 0 Å². The summed E-state index contributed by atoms with van der Waals surface area (Å²) in [4.78, 5) is 0. The Morgan fingerprint density at radius 2 is 2.20 bits per heavy atom. The highest BCUT2D eigenvalue weighted by Crippen LogP contribution is 2.33. The Labute approximate surface area is 125 Å². The lowest BCUT2D eigenvalue weighted by atomic mass is 10.0. The van der Waals surface area contributed by atoms with E-state index in [0.717, 1.165) is 27.8 Å². The van der Waals surface area contributed by atoms with E-state index >= 15 is 0 Å². The lowest BCUT2D eigenvalue weighted by Gasteiger charge is -2.14. The van der Waals surface area contributed by atoms with Crippen molar-refractivity contribution in [2.24, 2.45) is 0 Å². The Balaban J connectivity index is 1.87. The van der Waals surface area contributed by atoms with E-state index in [1.165, 1.54) is 0 Å². The Bertz CT molecular complexity index is 454. The van der Waals surface area contributed by atoms with Crippen LogP contribution in [0, 0.1) is 0 Å². The molecule has 1 atom stereocenters. The largest absolute Gasteiger partial charge is 0.493 e. The fourth-order valence-corrected chi connectivity index (χ4v) is 2.80. The predicted octanol–water partition coefficient (Wildman–Crippen LogP) is 2.96. The lowest BCUT2D eigenvalue weighted by molar-refractivity contribution is 0.00508. The maximum Gasteiger partial charge on any atom is 0.261 e. The van der Waals surface area contributed by atoms with Gasteiger partial charge in [-0.15, -0.1) is 0 Å². The first kappa shape index (κ1) is 15.7. The summed E-state index contributed by atoms with van der Waals surface area (Å²) in [6.07, 6.45) is -1.47. The van der Waals surface area contributed by atoms with Gasteiger partial charge in [-0.3, -0.25) is 0 Å². The molecule has 2 rings (SSSR count). The van der Waals surface area contributed by atoms with E-state index in [1.807, 2.05) is 12.1 Å². The van der Waals surface area contributed by atoms with E-state index in [2.05, 4.69) is 15.9 Å². The van der Waals surface area contributed by atoms with Gasteiger partial charge in [0.25, 0.3) is 6.43 Å². The van der Waals surface area contributed by atoms with Gasteiger partial charge < -0.3 is 14.6 Å². The molecule has 0 aromatic heterocycles. The van der Waals surface area contributed by atoms with Crippen molar-refractivity contribution >= 4 is 15.9 Å². The molecule has 1 heterocycles. The second-order valence-electron chi connectivity index (χ2n) is 4.76. The Morgan fingerprint density at radius 1 is 1.40 bits per heavy atom. The molecule has 0 saturated carbocycles. The number of halogens is 3. The summed E-state index contributed by atoms with van der Waals surface area (Å²) in [6.45, 7) is 0.205. The average Bonchev–Trinajstić information content (AvgIpc) is 2.82.